The number of ether oxygens (including phenoxy) is 13. The van der Waals surface area contributed by atoms with Crippen LogP contribution in [0.15, 0.2) is 0 Å². The maximum Gasteiger partial charge on any atom is 0.295 e. The van der Waals surface area contributed by atoms with E-state index in [-0.39, 0.29) is 239 Å². The quantitative estimate of drug-likeness (QED) is 0.0199. The lowest BCUT2D eigenvalue weighted by Gasteiger charge is -2.40. The second-order valence-electron chi connectivity index (χ2n) is 26.3. The zero-order chi connectivity index (χ0) is 80.7. The maximum absolute atomic E-state index is 13.8. The fourth-order valence-electron chi connectivity index (χ4n) is 10.8. The minimum Gasteiger partial charge on any atom is -0.394 e. The Kier molecular flexibility index (Phi) is 53.7. The average molecular weight is 1590 g/mol. The monoisotopic (exact) mass is 1590 g/mol. The molecule has 0 bridgehead atoms. The summed E-state index contributed by atoms with van der Waals surface area (Å²) < 4.78 is 73.3. The number of unbranched alkanes of at least 4 members (excludes halogenated alkanes) is 3. The molecule has 0 aromatic carbocycles. The van der Waals surface area contributed by atoms with E-state index < -0.39 is 129 Å². The first-order valence-corrected chi connectivity index (χ1v) is 37.7. The van der Waals surface area contributed by atoms with Crippen molar-refractivity contribution in [3.63, 3.8) is 0 Å². The number of nitrogens with two attached hydrogens (primary N) is 3. The van der Waals surface area contributed by atoms with E-state index in [0.29, 0.717) is 57.8 Å². The molecule has 636 valence electrons. The Bertz CT molecular complexity index is 2380. The third-order valence-electron chi connectivity index (χ3n) is 17.2. The molecule has 3 heterocycles. The lowest BCUT2D eigenvalue weighted by atomic mass is 9.98. The fraction of sp³-hybridized carbons (Fsp3) is 0.855. The van der Waals surface area contributed by atoms with Gasteiger partial charge in [-0.2, -0.15) is 0 Å². The van der Waals surface area contributed by atoms with E-state index in [1.807, 2.05) is 5.92 Å². The van der Waals surface area contributed by atoms with Crippen molar-refractivity contribution in [3.05, 3.63) is 0 Å². The van der Waals surface area contributed by atoms with E-state index in [2.05, 4.69) is 42.5 Å². The van der Waals surface area contributed by atoms with Gasteiger partial charge in [0.05, 0.1) is 130 Å². The number of hydrogen-bond acceptors (Lipinski definition) is 33. The molecule has 41 heteroatoms. The summed E-state index contributed by atoms with van der Waals surface area (Å²) in [6, 6.07) is -3.12. The molecule has 0 radical (unpaired) electrons. The average Bonchev–Trinajstić information content (AvgIpc) is 0.777. The number of aliphatic hydroxyl groups excluding tert-OH is 9. The Morgan fingerprint density at radius 2 is 0.600 bits per heavy atom. The van der Waals surface area contributed by atoms with Crippen LogP contribution in [0.25, 0.3) is 0 Å². The molecule has 23 N–H and O–H groups in total. The minimum atomic E-state index is -1.48. The zero-order valence-corrected chi connectivity index (χ0v) is 63.0. The first-order chi connectivity index (χ1) is 53.0. The van der Waals surface area contributed by atoms with Crippen LogP contribution in [0.4, 0.5) is 0 Å². The Morgan fingerprint density at radius 1 is 0.327 bits per heavy atom. The number of aliphatic hydroxyl groups is 9. The molecular formula is C69H125N11O30. The van der Waals surface area contributed by atoms with Crippen LogP contribution in [0.5, 0.6) is 0 Å². The summed E-state index contributed by atoms with van der Waals surface area (Å²) >= 11 is 0. The predicted octanol–water partition coefficient (Wildman–Crippen LogP) is -9.01. The summed E-state index contributed by atoms with van der Waals surface area (Å²) in [7, 11) is 0. The molecule has 0 aromatic heterocycles. The van der Waals surface area contributed by atoms with Gasteiger partial charge in [-0.1, -0.05) is 0 Å². The largest absolute Gasteiger partial charge is 0.394 e. The van der Waals surface area contributed by atoms with Crippen LogP contribution in [-0.2, 0) is 99.9 Å². The third kappa shape index (κ3) is 42.4. The predicted molar refractivity (Wildman–Crippen MR) is 385 cm³/mol. The van der Waals surface area contributed by atoms with Gasteiger partial charge in [-0.25, -0.2) is 0 Å². The number of rotatable bonds is 64. The van der Waals surface area contributed by atoms with Crippen LogP contribution in [0.2, 0.25) is 0 Å². The van der Waals surface area contributed by atoms with Crippen molar-refractivity contribution in [2.45, 2.75) is 200 Å². The van der Waals surface area contributed by atoms with E-state index in [9.17, 15) is 84.3 Å². The summed E-state index contributed by atoms with van der Waals surface area (Å²) in [6.45, 7) is 0.813. The summed E-state index contributed by atoms with van der Waals surface area (Å²) in [5.41, 5.74) is 16.3. The smallest absolute Gasteiger partial charge is 0.295 e. The van der Waals surface area contributed by atoms with Gasteiger partial charge in [-0.3, -0.25) is 38.4 Å². The number of hydrogen-bond donors (Lipinski definition) is 20. The first kappa shape index (κ1) is 98.5. The number of terminal acetylenes is 1. The van der Waals surface area contributed by atoms with Gasteiger partial charge in [0.15, 0.2) is 18.9 Å². The molecule has 3 saturated heterocycles. The van der Waals surface area contributed by atoms with E-state index in [4.69, 9.17) is 85.2 Å². The second kappa shape index (κ2) is 60.0. The van der Waals surface area contributed by atoms with Gasteiger partial charge in [0.25, 0.3) is 5.91 Å². The highest BCUT2D eigenvalue weighted by atomic mass is 16.7. The van der Waals surface area contributed by atoms with Crippen LogP contribution in [0.1, 0.15) is 103 Å². The highest BCUT2D eigenvalue weighted by Crippen LogP contribution is 2.24. The standard InChI is InChI=1S/C69H125N11O30/c1-2-49(84)79-25-33-99-35-37-101-39-38-100-36-34-98-29-18-56(91)80-69(43-102-30-15-53(88)76-22-9-19-73-50(85)12-3-6-26-105-66-57(70)63(95)60(92)46(40-81)108-66,44-103-31-16-54(89)77-23-10-20-74-51(86)13-4-7-27-106-67-58(71)64(96)61(93)47(41-82)109-67)45-104-32-17-55(90)78-24-11-21-75-52(87)14-5-8-28-107-68-59(72)65(97)62(94)48(42-83)110-68/h1,46-48,57-68,81-83,92-97H,3-45,70-72H2,(H,73,85)(H,74,86)(H,75,87)(H,76,88)(H,77,89)(H,78,90)(H,79,84)(H,80,91). The molecule has 3 aliphatic heterocycles. The van der Waals surface area contributed by atoms with Crippen molar-refractivity contribution in [3.8, 4) is 12.3 Å². The number of amides is 8. The van der Waals surface area contributed by atoms with Gasteiger partial charge >= 0.3 is 0 Å². The van der Waals surface area contributed by atoms with Gasteiger partial charge in [0.1, 0.15) is 60.5 Å². The Balaban J connectivity index is 1.53. The summed E-state index contributed by atoms with van der Waals surface area (Å²) in [5, 5.41) is 111. The molecule has 0 saturated carbocycles. The molecule has 15 atom stereocenters. The Hall–Kier alpha value is -5.68. The Labute approximate surface area is 641 Å². The second-order valence-corrected chi connectivity index (χ2v) is 26.3. The molecule has 15 unspecified atom stereocenters. The van der Waals surface area contributed by atoms with Crippen LogP contribution in [-0.4, -0.2) is 369 Å². The van der Waals surface area contributed by atoms with Crippen molar-refractivity contribution >= 4 is 47.3 Å². The summed E-state index contributed by atoms with van der Waals surface area (Å²) in [5.74, 6) is -0.939. The van der Waals surface area contributed by atoms with E-state index in [1.165, 1.54) is 0 Å². The van der Waals surface area contributed by atoms with Crippen LogP contribution >= 0.6 is 0 Å². The molecule has 0 aromatic rings. The van der Waals surface area contributed by atoms with Crippen LogP contribution in [0, 0.1) is 12.3 Å². The molecule has 3 aliphatic rings. The van der Waals surface area contributed by atoms with Gasteiger partial charge in [0, 0.05) is 111 Å². The van der Waals surface area contributed by atoms with Crippen LogP contribution in [0.3, 0.4) is 0 Å². The van der Waals surface area contributed by atoms with Crippen LogP contribution < -0.4 is 59.7 Å². The minimum absolute atomic E-state index is 0.0384. The van der Waals surface area contributed by atoms with Gasteiger partial charge in [0.2, 0.25) is 41.4 Å². The van der Waals surface area contributed by atoms with E-state index in [0.717, 1.165) is 0 Å². The van der Waals surface area contributed by atoms with Crippen molar-refractivity contribution in [1.82, 2.24) is 42.5 Å². The highest BCUT2D eigenvalue weighted by Gasteiger charge is 2.45. The number of carbonyl (C=O) groups is 8. The van der Waals surface area contributed by atoms with Crippen molar-refractivity contribution in [2.24, 2.45) is 17.2 Å². The van der Waals surface area contributed by atoms with Gasteiger partial charge in [-0.05, 0) is 63.7 Å². The molecule has 41 nitrogen and oxygen atoms in total. The molecular weight excluding hydrogens is 1460 g/mol. The summed E-state index contributed by atoms with van der Waals surface area (Å²) in [4.78, 5) is 102. The normalized spacial score (nSPS) is 24.4. The van der Waals surface area contributed by atoms with E-state index in [1.54, 1.807) is 0 Å². The number of carbonyl (C=O) groups excluding carboxylic acids is 8. The zero-order valence-electron chi connectivity index (χ0n) is 63.0. The van der Waals surface area contributed by atoms with Crippen molar-refractivity contribution in [1.29, 1.82) is 0 Å². The molecule has 3 fully saturated rings. The molecule has 0 spiro atoms. The molecule has 3 rings (SSSR count). The lowest BCUT2D eigenvalue weighted by Crippen LogP contribution is -2.62. The topological polar surface area (TPSA) is 613 Å². The third-order valence-corrected chi connectivity index (χ3v) is 17.2. The highest BCUT2D eigenvalue weighted by molar-refractivity contribution is 5.92. The summed E-state index contributed by atoms with van der Waals surface area (Å²) in [6.07, 6.45) is -5.65. The molecule has 110 heavy (non-hydrogen) atoms. The fourth-order valence-corrected chi connectivity index (χ4v) is 10.8. The molecule has 8 amide bonds. The SMILES string of the molecule is C#CC(=O)NCCOCCOCCOCCOCCC(=O)NC(COCCC(=O)NCCCNC(=O)CCCCOC1OC(CO)C(O)C(O)C1N)(COCCC(=O)NCCCNC(=O)CCCCOC1OC(CO)C(O)C(O)C1N)COCCC(=O)NCCCNC(=O)CCCCOC1OC(CO)C(O)C(O)C1N. The molecule has 0 aliphatic carbocycles. The van der Waals surface area contributed by atoms with Crippen molar-refractivity contribution in [2.75, 3.05) is 178 Å². The van der Waals surface area contributed by atoms with Gasteiger partial charge in [-0.15, -0.1) is 6.42 Å². The van der Waals surface area contributed by atoms with Gasteiger partial charge < -0.3 is 167 Å². The maximum atomic E-state index is 13.8. The Morgan fingerprint density at radius 3 is 0.900 bits per heavy atom. The first-order valence-electron chi connectivity index (χ1n) is 37.7. The van der Waals surface area contributed by atoms with E-state index >= 15 is 0 Å². The van der Waals surface area contributed by atoms with Crippen molar-refractivity contribution < 1.29 is 146 Å². The lowest BCUT2D eigenvalue weighted by molar-refractivity contribution is -0.265. The number of nitrogens with one attached hydrogen (secondary N) is 8.